The maximum Gasteiger partial charge on any atom is 0.0537 e. The molecule has 0 amide bonds. The van der Waals surface area contributed by atoms with Crippen LogP contribution in [-0.4, -0.2) is 11.2 Å². The van der Waals surface area contributed by atoms with Crippen molar-refractivity contribution in [3.05, 3.63) is 33.4 Å². The zero-order valence-electron chi connectivity index (χ0n) is 8.54. The fourth-order valence-electron chi connectivity index (χ4n) is 1.40. The van der Waals surface area contributed by atoms with Crippen LogP contribution < -0.4 is 0 Å². The van der Waals surface area contributed by atoms with Crippen molar-refractivity contribution in [1.29, 1.82) is 0 Å². The second kappa shape index (κ2) is 6.40. The molecule has 0 fully saturated rings. The molecular formula is C12H17IO. The van der Waals surface area contributed by atoms with E-state index >= 15 is 0 Å². The van der Waals surface area contributed by atoms with Gasteiger partial charge in [-0.2, -0.15) is 0 Å². The molecule has 0 aliphatic rings. The van der Waals surface area contributed by atoms with Crippen molar-refractivity contribution in [3.63, 3.8) is 0 Å². The number of hydrogen-bond donors (Lipinski definition) is 1. The third-order valence-corrected chi connectivity index (χ3v) is 3.11. The van der Waals surface area contributed by atoms with Gasteiger partial charge in [-0.15, -0.1) is 0 Å². The highest BCUT2D eigenvalue weighted by atomic mass is 127. The third-order valence-electron chi connectivity index (χ3n) is 2.39. The monoisotopic (exact) mass is 304 g/mol. The number of aryl methyl sites for hydroxylation is 1. The van der Waals surface area contributed by atoms with Crippen molar-refractivity contribution in [3.8, 4) is 0 Å². The summed E-state index contributed by atoms with van der Waals surface area (Å²) in [6.07, 6.45) is 3.83. The fraction of sp³-hybridized carbons (Fsp3) is 0.500. The molecule has 2 heteroatoms. The number of aliphatic hydroxyl groups is 1. The highest BCUT2D eigenvalue weighted by Gasteiger charge is 2.00. The van der Waals surface area contributed by atoms with Crippen LogP contribution in [0.1, 0.15) is 31.7 Å². The van der Waals surface area contributed by atoms with Gasteiger partial charge < -0.3 is 5.11 Å². The van der Waals surface area contributed by atoms with Crippen molar-refractivity contribution in [2.24, 2.45) is 0 Å². The highest BCUT2D eigenvalue weighted by molar-refractivity contribution is 14.1. The molecule has 0 aromatic heterocycles. The summed E-state index contributed by atoms with van der Waals surface area (Å²) in [5, 5.41) is 9.38. The average Bonchev–Trinajstić information content (AvgIpc) is 2.21. The van der Waals surface area contributed by atoms with Gasteiger partial charge in [-0.1, -0.05) is 19.1 Å². The SMILES string of the molecule is CCC(O)CCCc1ccc(I)cc1. The second-order valence-electron chi connectivity index (χ2n) is 3.58. The molecule has 78 valence electrons. The van der Waals surface area contributed by atoms with Gasteiger partial charge in [0.05, 0.1) is 6.10 Å². The van der Waals surface area contributed by atoms with Crippen LogP contribution in [0.25, 0.3) is 0 Å². The molecule has 0 saturated carbocycles. The molecule has 14 heavy (non-hydrogen) atoms. The molecule has 1 aromatic carbocycles. The highest BCUT2D eigenvalue weighted by Crippen LogP contribution is 2.11. The first-order valence-electron chi connectivity index (χ1n) is 5.15. The van der Waals surface area contributed by atoms with Gasteiger partial charge in [0.15, 0.2) is 0 Å². The van der Waals surface area contributed by atoms with Crippen molar-refractivity contribution >= 4 is 22.6 Å². The molecule has 1 rings (SSSR count). The molecule has 0 bridgehead atoms. The molecular weight excluding hydrogens is 287 g/mol. The van der Waals surface area contributed by atoms with Crippen LogP contribution in [0.2, 0.25) is 0 Å². The molecule has 1 atom stereocenters. The van der Waals surface area contributed by atoms with E-state index in [1.165, 1.54) is 9.13 Å². The van der Waals surface area contributed by atoms with Gasteiger partial charge in [0.25, 0.3) is 0 Å². The van der Waals surface area contributed by atoms with Crippen LogP contribution in [0.4, 0.5) is 0 Å². The Morgan fingerprint density at radius 1 is 1.29 bits per heavy atom. The molecule has 0 radical (unpaired) electrons. The first-order chi connectivity index (χ1) is 6.72. The van der Waals surface area contributed by atoms with Gasteiger partial charge >= 0.3 is 0 Å². The topological polar surface area (TPSA) is 20.2 Å². The van der Waals surface area contributed by atoms with E-state index in [9.17, 15) is 5.11 Å². The van der Waals surface area contributed by atoms with Crippen LogP contribution in [-0.2, 0) is 6.42 Å². The molecule has 0 saturated heterocycles. The molecule has 1 N–H and O–H groups in total. The Balaban J connectivity index is 2.28. The van der Waals surface area contributed by atoms with Gasteiger partial charge in [-0.3, -0.25) is 0 Å². The summed E-state index contributed by atoms with van der Waals surface area (Å²) in [6.45, 7) is 2.02. The van der Waals surface area contributed by atoms with E-state index in [0.717, 1.165) is 25.7 Å². The minimum atomic E-state index is -0.112. The number of halogens is 1. The van der Waals surface area contributed by atoms with Crippen molar-refractivity contribution in [2.45, 2.75) is 38.7 Å². The summed E-state index contributed by atoms with van der Waals surface area (Å²) < 4.78 is 1.28. The molecule has 1 aromatic rings. The Morgan fingerprint density at radius 3 is 2.50 bits per heavy atom. The predicted octanol–water partition coefficient (Wildman–Crippen LogP) is 3.38. The summed E-state index contributed by atoms with van der Waals surface area (Å²) in [5.41, 5.74) is 1.37. The van der Waals surface area contributed by atoms with Crippen LogP contribution >= 0.6 is 22.6 Å². The third kappa shape index (κ3) is 4.42. The first-order valence-corrected chi connectivity index (χ1v) is 6.22. The molecule has 1 unspecified atom stereocenters. The molecule has 0 aliphatic carbocycles. The van der Waals surface area contributed by atoms with Crippen LogP contribution in [0.5, 0.6) is 0 Å². The zero-order chi connectivity index (χ0) is 10.4. The normalized spacial score (nSPS) is 12.8. The Kier molecular flexibility index (Phi) is 5.48. The lowest BCUT2D eigenvalue weighted by atomic mass is 10.1. The zero-order valence-corrected chi connectivity index (χ0v) is 10.7. The van der Waals surface area contributed by atoms with E-state index in [2.05, 4.69) is 46.9 Å². The second-order valence-corrected chi connectivity index (χ2v) is 4.83. The van der Waals surface area contributed by atoms with Crippen molar-refractivity contribution in [2.75, 3.05) is 0 Å². The molecule has 0 heterocycles. The average molecular weight is 304 g/mol. The Labute approximate surface area is 99.7 Å². The van der Waals surface area contributed by atoms with E-state index in [0.29, 0.717) is 0 Å². The first kappa shape index (κ1) is 12.0. The lowest BCUT2D eigenvalue weighted by Gasteiger charge is -2.06. The number of hydrogen-bond acceptors (Lipinski definition) is 1. The van der Waals surface area contributed by atoms with Crippen molar-refractivity contribution < 1.29 is 5.11 Å². The quantitative estimate of drug-likeness (QED) is 0.827. The largest absolute Gasteiger partial charge is 0.393 e. The summed E-state index contributed by atoms with van der Waals surface area (Å²) >= 11 is 2.31. The summed E-state index contributed by atoms with van der Waals surface area (Å²) in [4.78, 5) is 0. The van der Waals surface area contributed by atoms with Gasteiger partial charge in [0.1, 0.15) is 0 Å². The van der Waals surface area contributed by atoms with Crippen LogP contribution in [0.15, 0.2) is 24.3 Å². The van der Waals surface area contributed by atoms with Gasteiger partial charge in [0.2, 0.25) is 0 Å². The Bertz CT molecular complexity index is 256. The van der Waals surface area contributed by atoms with E-state index in [-0.39, 0.29) is 6.10 Å². The smallest absolute Gasteiger partial charge is 0.0537 e. The molecule has 0 spiro atoms. The number of benzene rings is 1. The van der Waals surface area contributed by atoms with Crippen LogP contribution in [0, 0.1) is 3.57 Å². The standard InChI is InChI=1S/C12H17IO/c1-2-12(14)5-3-4-10-6-8-11(13)9-7-10/h6-9,12,14H,2-5H2,1H3. The maximum absolute atomic E-state index is 9.38. The number of aliphatic hydroxyl groups excluding tert-OH is 1. The number of rotatable bonds is 5. The summed E-state index contributed by atoms with van der Waals surface area (Å²) in [6, 6.07) is 8.60. The Morgan fingerprint density at radius 2 is 1.93 bits per heavy atom. The van der Waals surface area contributed by atoms with Gasteiger partial charge in [-0.25, -0.2) is 0 Å². The van der Waals surface area contributed by atoms with E-state index in [1.807, 2.05) is 6.92 Å². The van der Waals surface area contributed by atoms with Crippen molar-refractivity contribution in [1.82, 2.24) is 0 Å². The van der Waals surface area contributed by atoms with E-state index in [1.54, 1.807) is 0 Å². The molecule has 0 aliphatic heterocycles. The van der Waals surface area contributed by atoms with E-state index < -0.39 is 0 Å². The lowest BCUT2D eigenvalue weighted by molar-refractivity contribution is 0.158. The molecule has 1 nitrogen and oxygen atoms in total. The van der Waals surface area contributed by atoms with Gasteiger partial charge in [0, 0.05) is 3.57 Å². The summed E-state index contributed by atoms with van der Waals surface area (Å²) in [7, 11) is 0. The Hall–Kier alpha value is -0.0900. The van der Waals surface area contributed by atoms with Gasteiger partial charge in [-0.05, 0) is 66.0 Å². The minimum Gasteiger partial charge on any atom is -0.393 e. The van der Waals surface area contributed by atoms with E-state index in [4.69, 9.17) is 0 Å². The predicted molar refractivity (Wildman–Crippen MR) is 68.4 cm³/mol. The fourth-order valence-corrected chi connectivity index (χ4v) is 1.76. The maximum atomic E-state index is 9.38. The summed E-state index contributed by atoms with van der Waals surface area (Å²) in [5.74, 6) is 0. The van der Waals surface area contributed by atoms with Crippen LogP contribution in [0.3, 0.4) is 0 Å². The minimum absolute atomic E-state index is 0.112. The lowest BCUT2D eigenvalue weighted by Crippen LogP contribution is -2.04.